The number of hydrogen-bond donors (Lipinski definition) is 1. The van der Waals surface area contributed by atoms with E-state index in [0.29, 0.717) is 0 Å². The van der Waals surface area contributed by atoms with Crippen molar-refractivity contribution >= 4 is 0 Å². The SMILES string of the molecule is CC1CC(CN)CN1C1CCC1. The smallest absolute Gasteiger partial charge is 0.00982 e. The molecular formula is C10H20N2. The molecule has 1 saturated carbocycles. The van der Waals surface area contributed by atoms with Crippen LogP contribution >= 0.6 is 0 Å². The molecule has 1 aliphatic heterocycles. The van der Waals surface area contributed by atoms with Gasteiger partial charge in [0.2, 0.25) is 0 Å². The molecule has 2 aliphatic rings. The van der Waals surface area contributed by atoms with Crippen LogP contribution in [-0.4, -0.2) is 30.1 Å². The second-order valence-electron chi connectivity index (χ2n) is 4.47. The van der Waals surface area contributed by atoms with E-state index in [4.69, 9.17) is 5.73 Å². The number of likely N-dealkylation sites (tertiary alicyclic amines) is 1. The van der Waals surface area contributed by atoms with Crippen LogP contribution in [0.4, 0.5) is 0 Å². The Hall–Kier alpha value is -0.0800. The first-order valence-corrected chi connectivity index (χ1v) is 5.27. The van der Waals surface area contributed by atoms with Crippen molar-refractivity contribution in [2.75, 3.05) is 13.1 Å². The lowest BCUT2D eigenvalue weighted by Gasteiger charge is -2.37. The normalized spacial score (nSPS) is 38.5. The molecule has 2 fully saturated rings. The molecule has 0 aromatic rings. The molecule has 0 aromatic heterocycles. The van der Waals surface area contributed by atoms with Crippen LogP contribution in [0.3, 0.4) is 0 Å². The highest BCUT2D eigenvalue weighted by molar-refractivity contribution is 4.90. The van der Waals surface area contributed by atoms with E-state index in [1.807, 2.05) is 0 Å². The highest BCUT2D eigenvalue weighted by Gasteiger charge is 2.35. The van der Waals surface area contributed by atoms with Gasteiger partial charge in [-0.05, 0) is 38.6 Å². The summed E-state index contributed by atoms with van der Waals surface area (Å²) in [4.78, 5) is 2.68. The van der Waals surface area contributed by atoms with Crippen molar-refractivity contribution in [3.05, 3.63) is 0 Å². The molecule has 12 heavy (non-hydrogen) atoms. The van der Waals surface area contributed by atoms with Gasteiger partial charge in [0.25, 0.3) is 0 Å². The Balaban J connectivity index is 1.89. The van der Waals surface area contributed by atoms with Crippen LogP contribution in [0.25, 0.3) is 0 Å². The number of hydrogen-bond acceptors (Lipinski definition) is 2. The Kier molecular flexibility index (Phi) is 2.37. The average molecular weight is 168 g/mol. The van der Waals surface area contributed by atoms with Gasteiger partial charge in [0.1, 0.15) is 0 Å². The van der Waals surface area contributed by atoms with Gasteiger partial charge in [0.15, 0.2) is 0 Å². The zero-order valence-electron chi connectivity index (χ0n) is 8.00. The third-order valence-corrected chi connectivity index (χ3v) is 3.59. The fourth-order valence-electron chi connectivity index (χ4n) is 2.57. The summed E-state index contributed by atoms with van der Waals surface area (Å²) in [5.74, 6) is 0.778. The molecule has 2 nitrogen and oxygen atoms in total. The molecule has 0 amide bonds. The van der Waals surface area contributed by atoms with Crippen molar-refractivity contribution in [2.45, 2.75) is 44.7 Å². The molecule has 2 rings (SSSR count). The number of nitrogens with two attached hydrogens (primary N) is 1. The van der Waals surface area contributed by atoms with Crippen molar-refractivity contribution < 1.29 is 0 Å². The molecular weight excluding hydrogens is 148 g/mol. The van der Waals surface area contributed by atoms with Crippen molar-refractivity contribution in [2.24, 2.45) is 11.7 Å². The van der Waals surface area contributed by atoms with Gasteiger partial charge in [-0.1, -0.05) is 6.42 Å². The Labute approximate surface area is 75.1 Å². The molecule has 2 N–H and O–H groups in total. The van der Waals surface area contributed by atoms with E-state index in [9.17, 15) is 0 Å². The van der Waals surface area contributed by atoms with Crippen molar-refractivity contribution in [1.82, 2.24) is 4.90 Å². The van der Waals surface area contributed by atoms with Gasteiger partial charge in [-0.25, -0.2) is 0 Å². The maximum atomic E-state index is 5.69. The lowest BCUT2D eigenvalue weighted by Crippen LogP contribution is -2.42. The van der Waals surface area contributed by atoms with Crippen LogP contribution in [0.5, 0.6) is 0 Å². The largest absolute Gasteiger partial charge is 0.330 e. The molecule has 0 radical (unpaired) electrons. The predicted molar refractivity (Wildman–Crippen MR) is 51.0 cm³/mol. The fourth-order valence-corrected chi connectivity index (χ4v) is 2.57. The first kappa shape index (κ1) is 8.52. The molecule has 1 saturated heterocycles. The third-order valence-electron chi connectivity index (χ3n) is 3.59. The van der Waals surface area contributed by atoms with E-state index in [1.54, 1.807) is 0 Å². The van der Waals surface area contributed by atoms with Crippen LogP contribution in [0.15, 0.2) is 0 Å². The van der Waals surface area contributed by atoms with E-state index >= 15 is 0 Å². The van der Waals surface area contributed by atoms with E-state index < -0.39 is 0 Å². The number of rotatable bonds is 2. The molecule has 2 heteroatoms. The summed E-state index contributed by atoms with van der Waals surface area (Å²) in [6, 6.07) is 1.71. The van der Waals surface area contributed by atoms with E-state index in [0.717, 1.165) is 24.5 Å². The molecule has 2 atom stereocenters. The summed E-state index contributed by atoms with van der Waals surface area (Å²) in [6.07, 6.45) is 5.64. The Bertz CT molecular complexity index is 154. The van der Waals surface area contributed by atoms with E-state index in [1.165, 1.54) is 32.2 Å². The second-order valence-corrected chi connectivity index (χ2v) is 4.47. The highest BCUT2D eigenvalue weighted by Crippen LogP contribution is 2.32. The van der Waals surface area contributed by atoms with Crippen LogP contribution in [0, 0.1) is 5.92 Å². The Morgan fingerprint density at radius 2 is 2.17 bits per heavy atom. The topological polar surface area (TPSA) is 29.3 Å². The summed E-state index contributed by atoms with van der Waals surface area (Å²) >= 11 is 0. The molecule has 0 aromatic carbocycles. The quantitative estimate of drug-likeness (QED) is 0.671. The molecule has 70 valence electrons. The van der Waals surface area contributed by atoms with E-state index in [-0.39, 0.29) is 0 Å². The standard InChI is InChI=1S/C10H20N2/c1-8-5-9(6-11)7-12(8)10-3-2-4-10/h8-10H,2-7,11H2,1H3. The zero-order valence-corrected chi connectivity index (χ0v) is 8.00. The van der Waals surface area contributed by atoms with Crippen LogP contribution < -0.4 is 5.73 Å². The summed E-state index contributed by atoms with van der Waals surface area (Å²) in [5, 5.41) is 0. The first-order chi connectivity index (χ1) is 5.81. The van der Waals surface area contributed by atoms with Crippen LogP contribution in [-0.2, 0) is 0 Å². The summed E-state index contributed by atoms with van der Waals surface area (Å²) in [7, 11) is 0. The van der Waals surface area contributed by atoms with Gasteiger partial charge in [-0.2, -0.15) is 0 Å². The van der Waals surface area contributed by atoms with Crippen molar-refractivity contribution in [3.63, 3.8) is 0 Å². The zero-order chi connectivity index (χ0) is 8.55. The van der Waals surface area contributed by atoms with Gasteiger partial charge < -0.3 is 5.73 Å². The lowest BCUT2D eigenvalue weighted by atomic mass is 9.91. The fraction of sp³-hybridized carbons (Fsp3) is 1.00. The van der Waals surface area contributed by atoms with Gasteiger partial charge in [-0.15, -0.1) is 0 Å². The van der Waals surface area contributed by atoms with Gasteiger partial charge in [-0.3, -0.25) is 4.90 Å². The van der Waals surface area contributed by atoms with Gasteiger partial charge >= 0.3 is 0 Å². The van der Waals surface area contributed by atoms with Crippen LogP contribution in [0.1, 0.15) is 32.6 Å². The van der Waals surface area contributed by atoms with Crippen LogP contribution in [0.2, 0.25) is 0 Å². The molecule has 2 unspecified atom stereocenters. The minimum absolute atomic E-state index is 0.778. The van der Waals surface area contributed by atoms with Gasteiger partial charge in [0, 0.05) is 18.6 Å². The van der Waals surface area contributed by atoms with E-state index in [2.05, 4.69) is 11.8 Å². The maximum absolute atomic E-state index is 5.69. The molecule has 1 heterocycles. The third kappa shape index (κ3) is 1.38. The Morgan fingerprint density at radius 3 is 2.58 bits per heavy atom. The summed E-state index contributed by atoms with van der Waals surface area (Å²) in [6.45, 7) is 4.50. The van der Waals surface area contributed by atoms with Gasteiger partial charge in [0.05, 0.1) is 0 Å². The Morgan fingerprint density at radius 1 is 1.42 bits per heavy atom. The minimum atomic E-state index is 0.778. The van der Waals surface area contributed by atoms with Crippen molar-refractivity contribution in [1.29, 1.82) is 0 Å². The summed E-state index contributed by atoms with van der Waals surface area (Å²) in [5.41, 5.74) is 5.69. The first-order valence-electron chi connectivity index (χ1n) is 5.27. The second kappa shape index (κ2) is 3.35. The number of nitrogens with zero attached hydrogens (tertiary/aromatic N) is 1. The molecule has 0 spiro atoms. The molecule has 0 bridgehead atoms. The average Bonchev–Trinajstić information content (AvgIpc) is 2.29. The van der Waals surface area contributed by atoms with Crippen molar-refractivity contribution in [3.8, 4) is 0 Å². The maximum Gasteiger partial charge on any atom is 0.00982 e. The highest BCUT2D eigenvalue weighted by atomic mass is 15.2. The predicted octanol–water partition coefficient (Wildman–Crippen LogP) is 1.21. The summed E-state index contributed by atoms with van der Waals surface area (Å²) < 4.78 is 0. The molecule has 1 aliphatic carbocycles. The minimum Gasteiger partial charge on any atom is -0.330 e. The monoisotopic (exact) mass is 168 g/mol. The lowest BCUT2D eigenvalue weighted by molar-refractivity contribution is 0.119.